The lowest BCUT2D eigenvalue weighted by molar-refractivity contribution is 0.617. The molecule has 3 nitrogen and oxygen atoms in total. The average Bonchev–Trinajstić information content (AvgIpc) is 2.89. The van der Waals surface area contributed by atoms with Gasteiger partial charge in [0.15, 0.2) is 0 Å². The number of aromatic nitrogens is 2. The van der Waals surface area contributed by atoms with Gasteiger partial charge in [0.25, 0.3) is 0 Å². The van der Waals surface area contributed by atoms with E-state index in [-0.39, 0.29) is 0 Å². The number of nitrogens with zero attached hydrogens (tertiary/aromatic N) is 2. The maximum atomic E-state index is 6.12. The van der Waals surface area contributed by atoms with Gasteiger partial charge in [-0.05, 0) is 25.5 Å². The van der Waals surface area contributed by atoms with Gasteiger partial charge in [0.05, 0.1) is 11.2 Å². The molecule has 0 spiro atoms. The predicted molar refractivity (Wildman–Crippen MR) is 93.8 cm³/mol. The number of hydrogen-bond acceptors (Lipinski definition) is 2. The third kappa shape index (κ3) is 2.71. The second kappa shape index (κ2) is 6.22. The van der Waals surface area contributed by atoms with E-state index in [1.165, 1.54) is 18.4 Å². The molecule has 0 aliphatic rings. The zero-order valence-electron chi connectivity index (χ0n) is 13.3. The Hall–Kier alpha value is -2.29. The maximum Gasteiger partial charge on any atom is 0.141 e. The predicted octanol–water partition coefficient (Wildman–Crippen LogP) is 4.78. The number of unbranched alkanes of at least 4 members (excludes halogenated alkanes) is 2. The lowest BCUT2D eigenvalue weighted by Crippen LogP contribution is -2.01. The van der Waals surface area contributed by atoms with Crippen LogP contribution in [-0.4, -0.2) is 9.55 Å². The van der Waals surface area contributed by atoms with Crippen molar-refractivity contribution in [1.82, 2.24) is 9.55 Å². The molecule has 22 heavy (non-hydrogen) atoms. The highest BCUT2D eigenvalue weighted by Gasteiger charge is 2.13. The smallest absolute Gasteiger partial charge is 0.141 e. The molecule has 0 amide bonds. The Bertz CT molecular complexity index is 769. The van der Waals surface area contributed by atoms with Gasteiger partial charge in [-0.1, -0.05) is 55.7 Å². The van der Waals surface area contributed by atoms with Crippen molar-refractivity contribution in [1.29, 1.82) is 0 Å². The Kier molecular flexibility index (Phi) is 4.14. The second-order valence-corrected chi connectivity index (χ2v) is 5.88. The molecule has 3 aromatic rings. The van der Waals surface area contributed by atoms with Crippen molar-refractivity contribution in [3.63, 3.8) is 0 Å². The highest BCUT2D eigenvalue weighted by Crippen LogP contribution is 2.28. The molecule has 3 rings (SSSR count). The lowest BCUT2D eigenvalue weighted by Gasteiger charge is -2.09. The van der Waals surface area contributed by atoms with E-state index >= 15 is 0 Å². The van der Waals surface area contributed by atoms with Crippen LogP contribution in [0.5, 0.6) is 0 Å². The minimum Gasteiger partial charge on any atom is -0.397 e. The molecular formula is C19H23N3. The van der Waals surface area contributed by atoms with E-state index in [1.807, 2.05) is 12.1 Å². The van der Waals surface area contributed by atoms with Crippen LogP contribution in [0.3, 0.4) is 0 Å². The molecule has 1 heterocycles. The van der Waals surface area contributed by atoms with Crippen LogP contribution in [0.4, 0.5) is 5.69 Å². The van der Waals surface area contributed by atoms with E-state index < -0.39 is 0 Å². The van der Waals surface area contributed by atoms with Crippen LogP contribution in [0.2, 0.25) is 0 Å². The standard InChI is InChI=1S/C19H23N3/c1-3-4-5-13-22-17-8-6-7-16(20)18(17)21-19(22)15-11-9-14(2)10-12-15/h6-12H,3-5,13,20H2,1-2H3. The zero-order valence-corrected chi connectivity index (χ0v) is 13.3. The quantitative estimate of drug-likeness (QED) is 0.543. The van der Waals surface area contributed by atoms with E-state index in [1.54, 1.807) is 0 Å². The Morgan fingerprint density at radius 1 is 1.05 bits per heavy atom. The first kappa shape index (κ1) is 14.6. The first-order valence-electron chi connectivity index (χ1n) is 8.02. The Morgan fingerprint density at radius 3 is 2.55 bits per heavy atom. The maximum absolute atomic E-state index is 6.12. The summed E-state index contributed by atoms with van der Waals surface area (Å²) >= 11 is 0. The summed E-state index contributed by atoms with van der Waals surface area (Å²) in [4.78, 5) is 4.83. The van der Waals surface area contributed by atoms with Crippen LogP contribution in [-0.2, 0) is 6.54 Å². The molecule has 1 aromatic heterocycles. The van der Waals surface area contributed by atoms with Gasteiger partial charge in [0.1, 0.15) is 11.3 Å². The average molecular weight is 293 g/mol. The summed E-state index contributed by atoms with van der Waals surface area (Å²) in [6.07, 6.45) is 3.61. The largest absolute Gasteiger partial charge is 0.397 e. The molecule has 0 saturated carbocycles. The fourth-order valence-corrected chi connectivity index (χ4v) is 2.84. The van der Waals surface area contributed by atoms with Crippen LogP contribution in [0, 0.1) is 6.92 Å². The number of imidazole rings is 1. The summed E-state index contributed by atoms with van der Waals surface area (Å²) in [5.74, 6) is 1.02. The van der Waals surface area contributed by atoms with Crippen molar-refractivity contribution in [3.8, 4) is 11.4 Å². The molecule has 114 valence electrons. The summed E-state index contributed by atoms with van der Waals surface area (Å²) in [6, 6.07) is 14.6. The Labute approximate surface area is 131 Å². The molecule has 0 unspecified atom stereocenters. The van der Waals surface area contributed by atoms with Gasteiger partial charge >= 0.3 is 0 Å². The number of para-hydroxylation sites is 1. The monoisotopic (exact) mass is 293 g/mol. The number of aryl methyl sites for hydroxylation is 2. The van der Waals surface area contributed by atoms with Crippen molar-refractivity contribution < 1.29 is 0 Å². The Balaban J connectivity index is 2.12. The normalized spacial score (nSPS) is 11.2. The van der Waals surface area contributed by atoms with Crippen molar-refractivity contribution >= 4 is 16.7 Å². The van der Waals surface area contributed by atoms with Crippen molar-refractivity contribution in [2.45, 2.75) is 39.7 Å². The molecule has 0 aliphatic carbocycles. The highest BCUT2D eigenvalue weighted by molar-refractivity contribution is 5.90. The van der Waals surface area contributed by atoms with Crippen LogP contribution in [0.25, 0.3) is 22.4 Å². The fourth-order valence-electron chi connectivity index (χ4n) is 2.84. The molecular weight excluding hydrogens is 270 g/mol. The summed E-state index contributed by atoms with van der Waals surface area (Å²) in [7, 11) is 0. The third-order valence-electron chi connectivity index (χ3n) is 4.11. The summed E-state index contributed by atoms with van der Waals surface area (Å²) < 4.78 is 2.31. The van der Waals surface area contributed by atoms with Gasteiger partial charge in [-0.25, -0.2) is 4.98 Å². The highest BCUT2D eigenvalue weighted by atomic mass is 15.1. The summed E-state index contributed by atoms with van der Waals surface area (Å²) in [5, 5.41) is 0. The molecule has 2 N–H and O–H groups in total. The number of nitrogen functional groups attached to an aromatic ring is 1. The number of rotatable bonds is 5. The number of hydrogen-bond donors (Lipinski definition) is 1. The van der Waals surface area contributed by atoms with Gasteiger partial charge in [-0.15, -0.1) is 0 Å². The number of anilines is 1. The Morgan fingerprint density at radius 2 is 1.82 bits per heavy atom. The van der Waals surface area contributed by atoms with E-state index in [2.05, 4.69) is 48.7 Å². The first-order valence-corrected chi connectivity index (χ1v) is 8.02. The van der Waals surface area contributed by atoms with Crippen LogP contribution in [0.15, 0.2) is 42.5 Å². The molecule has 0 aliphatic heterocycles. The van der Waals surface area contributed by atoms with Crippen molar-refractivity contribution in [3.05, 3.63) is 48.0 Å². The molecule has 0 atom stereocenters. The number of fused-ring (bicyclic) bond motifs is 1. The molecule has 0 fully saturated rings. The van der Waals surface area contributed by atoms with Crippen molar-refractivity contribution in [2.24, 2.45) is 0 Å². The van der Waals surface area contributed by atoms with Gasteiger partial charge in [-0.2, -0.15) is 0 Å². The number of nitrogens with two attached hydrogens (primary N) is 1. The topological polar surface area (TPSA) is 43.8 Å². The summed E-state index contributed by atoms with van der Waals surface area (Å²) in [5.41, 5.74) is 11.3. The summed E-state index contributed by atoms with van der Waals surface area (Å²) in [6.45, 7) is 5.31. The molecule has 3 heteroatoms. The van der Waals surface area contributed by atoms with Crippen LogP contribution < -0.4 is 5.73 Å². The third-order valence-corrected chi connectivity index (χ3v) is 4.11. The second-order valence-electron chi connectivity index (χ2n) is 5.88. The molecule has 2 aromatic carbocycles. The van der Waals surface area contributed by atoms with Crippen molar-refractivity contribution in [2.75, 3.05) is 5.73 Å². The molecule has 0 radical (unpaired) electrons. The van der Waals surface area contributed by atoms with E-state index in [9.17, 15) is 0 Å². The first-order chi connectivity index (χ1) is 10.7. The van der Waals surface area contributed by atoms with Gasteiger partial charge < -0.3 is 10.3 Å². The minimum absolute atomic E-state index is 0.750. The SMILES string of the molecule is CCCCCn1c(-c2ccc(C)cc2)nc2c(N)cccc21. The van der Waals surface area contributed by atoms with E-state index in [4.69, 9.17) is 10.7 Å². The van der Waals surface area contributed by atoms with Gasteiger partial charge in [-0.3, -0.25) is 0 Å². The molecule has 0 saturated heterocycles. The van der Waals surface area contributed by atoms with E-state index in [0.717, 1.165) is 41.1 Å². The fraction of sp³-hybridized carbons (Fsp3) is 0.316. The van der Waals surface area contributed by atoms with Crippen LogP contribution in [0.1, 0.15) is 31.7 Å². The lowest BCUT2D eigenvalue weighted by atomic mass is 10.1. The minimum atomic E-state index is 0.750. The number of benzene rings is 2. The molecule has 0 bridgehead atoms. The van der Waals surface area contributed by atoms with Gasteiger partial charge in [0.2, 0.25) is 0 Å². The zero-order chi connectivity index (χ0) is 15.5. The van der Waals surface area contributed by atoms with Crippen LogP contribution >= 0.6 is 0 Å². The van der Waals surface area contributed by atoms with Gasteiger partial charge in [0, 0.05) is 12.1 Å². The van der Waals surface area contributed by atoms with E-state index in [0.29, 0.717) is 0 Å².